The van der Waals surface area contributed by atoms with Crippen molar-refractivity contribution in [3.05, 3.63) is 28.2 Å². The van der Waals surface area contributed by atoms with E-state index >= 15 is 0 Å². The number of hydrogen-bond donors (Lipinski definition) is 1. The second-order valence-electron chi connectivity index (χ2n) is 4.95. The zero-order chi connectivity index (χ0) is 15.1. The summed E-state index contributed by atoms with van der Waals surface area (Å²) in [7, 11) is 0. The van der Waals surface area contributed by atoms with E-state index in [9.17, 15) is 4.79 Å². The second kappa shape index (κ2) is 8.78. The average Bonchev–Trinajstić information content (AvgIpc) is 2.32. The van der Waals surface area contributed by atoms with Gasteiger partial charge in [0.15, 0.2) is 0 Å². The van der Waals surface area contributed by atoms with E-state index in [0.717, 1.165) is 17.2 Å². The van der Waals surface area contributed by atoms with Crippen molar-refractivity contribution in [1.29, 1.82) is 0 Å². The molecule has 20 heavy (non-hydrogen) atoms. The van der Waals surface area contributed by atoms with Gasteiger partial charge in [0.25, 0.3) is 0 Å². The van der Waals surface area contributed by atoms with E-state index in [2.05, 4.69) is 13.8 Å². The molecule has 0 aliphatic heterocycles. The van der Waals surface area contributed by atoms with Crippen LogP contribution in [0.15, 0.2) is 23.1 Å². The maximum atomic E-state index is 10.8. The number of nitrogens with zero attached hydrogens (tertiary/aromatic N) is 1. The Morgan fingerprint density at radius 2 is 2.10 bits per heavy atom. The second-order valence-corrected chi connectivity index (χ2v) is 6.93. The third kappa shape index (κ3) is 6.84. The fraction of sp³-hybridized carbons (Fsp3) is 0.500. The highest BCUT2D eigenvalue weighted by Gasteiger charge is 2.11. The van der Waals surface area contributed by atoms with E-state index < -0.39 is 5.97 Å². The van der Waals surface area contributed by atoms with Gasteiger partial charge in [0.2, 0.25) is 0 Å². The van der Waals surface area contributed by atoms with E-state index in [4.69, 9.17) is 28.3 Å². The number of rotatable bonds is 8. The number of carboxylic acids is 1. The molecule has 3 nitrogen and oxygen atoms in total. The lowest BCUT2D eigenvalue weighted by atomic mass is 10.2. The highest BCUT2D eigenvalue weighted by molar-refractivity contribution is 7.99. The number of halogens is 2. The van der Waals surface area contributed by atoms with Crippen LogP contribution in [0.4, 0.5) is 0 Å². The summed E-state index contributed by atoms with van der Waals surface area (Å²) in [5.41, 5.74) is 0. The van der Waals surface area contributed by atoms with Crippen LogP contribution in [0.5, 0.6) is 0 Å². The van der Waals surface area contributed by atoms with Crippen LogP contribution in [0, 0.1) is 5.92 Å². The Morgan fingerprint density at radius 1 is 1.40 bits per heavy atom. The first-order valence-corrected chi connectivity index (χ1v) is 8.14. The molecule has 1 aromatic rings. The molecule has 0 aliphatic carbocycles. The average molecular weight is 336 g/mol. The van der Waals surface area contributed by atoms with Gasteiger partial charge >= 0.3 is 5.97 Å². The third-order valence-corrected chi connectivity index (χ3v) is 4.25. The number of aliphatic carboxylic acids is 1. The molecule has 0 aliphatic rings. The molecule has 0 aromatic heterocycles. The zero-order valence-corrected chi connectivity index (χ0v) is 13.9. The van der Waals surface area contributed by atoms with Gasteiger partial charge < -0.3 is 5.11 Å². The van der Waals surface area contributed by atoms with Crippen LogP contribution < -0.4 is 0 Å². The quantitative estimate of drug-likeness (QED) is 0.725. The minimum atomic E-state index is -0.795. The molecule has 1 rings (SSSR count). The van der Waals surface area contributed by atoms with E-state index in [0.29, 0.717) is 22.5 Å². The Labute approximate surface area is 134 Å². The summed E-state index contributed by atoms with van der Waals surface area (Å²) < 4.78 is 0. The molecular weight excluding hydrogens is 317 g/mol. The monoisotopic (exact) mass is 335 g/mol. The van der Waals surface area contributed by atoms with E-state index in [-0.39, 0.29) is 6.54 Å². The number of carbonyl (C=O) groups is 1. The van der Waals surface area contributed by atoms with Gasteiger partial charge in [-0.3, -0.25) is 9.69 Å². The van der Waals surface area contributed by atoms with Crippen molar-refractivity contribution < 1.29 is 9.90 Å². The van der Waals surface area contributed by atoms with Crippen LogP contribution in [0.25, 0.3) is 0 Å². The van der Waals surface area contributed by atoms with Gasteiger partial charge in [-0.25, -0.2) is 0 Å². The predicted molar refractivity (Wildman–Crippen MR) is 86.1 cm³/mol. The largest absolute Gasteiger partial charge is 0.480 e. The Hall–Kier alpha value is -0.420. The van der Waals surface area contributed by atoms with Gasteiger partial charge in [0.1, 0.15) is 0 Å². The standard InChI is InChI=1S/C14H19Cl2NO2S/c1-10(2)8-17(9-14(18)19)5-6-20-13-7-11(15)3-4-12(13)16/h3-4,7,10H,5-6,8-9H2,1-2H3,(H,18,19). The molecule has 1 aromatic carbocycles. The molecule has 1 N–H and O–H groups in total. The molecule has 0 saturated carbocycles. The molecule has 0 fully saturated rings. The van der Waals surface area contributed by atoms with Crippen LogP contribution >= 0.6 is 35.0 Å². The van der Waals surface area contributed by atoms with Crippen molar-refractivity contribution in [1.82, 2.24) is 4.90 Å². The summed E-state index contributed by atoms with van der Waals surface area (Å²) in [6.45, 7) is 5.71. The van der Waals surface area contributed by atoms with Crippen LogP contribution in [0.3, 0.4) is 0 Å². The summed E-state index contributed by atoms with van der Waals surface area (Å²) in [4.78, 5) is 13.7. The predicted octanol–water partition coefficient (Wildman–Crippen LogP) is 4.13. The third-order valence-electron chi connectivity index (χ3n) is 2.54. The van der Waals surface area contributed by atoms with Gasteiger partial charge in [0, 0.05) is 28.8 Å². The molecule has 0 saturated heterocycles. The van der Waals surface area contributed by atoms with Gasteiger partial charge in [-0.2, -0.15) is 0 Å². The molecule has 0 atom stereocenters. The van der Waals surface area contributed by atoms with Crippen molar-refractivity contribution in [3.63, 3.8) is 0 Å². The zero-order valence-electron chi connectivity index (χ0n) is 11.6. The van der Waals surface area contributed by atoms with Gasteiger partial charge in [-0.1, -0.05) is 37.0 Å². The molecular formula is C14H19Cl2NO2S. The summed E-state index contributed by atoms with van der Waals surface area (Å²) in [5.74, 6) is 0.422. The number of benzene rings is 1. The topological polar surface area (TPSA) is 40.5 Å². The van der Waals surface area contributed by atoms with Crippen molar-refractivity contribution in [2.75, 3.05) is 25.4 Å². The first kappa shape index (κ1) is 17.6. The van der Waals surface area contributed by atoms with E-state index in [1.54, 1.807) is 23.9 Å². The highest BCUT2D eigenvalue weighted by atomic mass is 35.5. The van der Waals surface area contributed by atoms with Crippen LogP contribution in [-0.2, 0) is 4.79 Å². The minimum absolute atomic E-state index is 0.0714. The Morgan fingerprint density at radius 3 is 2.70 bits per heavy atom. The summed E-state index contributed by atoms with van der Waals surface area (Å²) in [5, 5.41) is 10.2. The Balaban J connectivity index is 2.50. The van der Waals surface area contributed by atoms with Crippen molar-refractivity contribution in [2.24, 2.45) is 5.92 Å². The number of hydrogen-bond acceptors (Lipinski definition) is 3. The molecule has 0 radical (unpaired) electrons. The maximum Gasteiger partial charge on any atom is 0.317 e. The normalized spacial score (nSPS) is 11.3. The number of carboxylic acid groups (broad SMARTS) is 1. The number of thioether (sulfide) groups is 1. The van der Waals surface area contributed by atoms with Crippen molar-refractivity contribution in [2.45, 2.75) is 18.7 Å². The lowest BCUT2D eigenvalue weighted by molar-refractivity contribution is -0.138. The molecule has 0 spiro atoms. The smallest absolute Gasteiger partial charge is 0.317 e. The molecule has 0 unspecified atom stereocenters. The molecule has 0 amide bonds. The molecule has 112 valence electrons. The summed E-state index contributed by atoms with van der Waals surface area (Å²) in [6, 6.07) is 5.36. The van der Waals surface area contributed by atoms with Crippen LogP contribution in [0.2, 0.25) is 10.0 Å². The fourth-order valence-corrected chi connectivity index (χ4v) is 3.32. The maximum absolute atomic E-state index is 10.8. The van der Waals surface area contributed by atoms with Crippen molar-refractivity contribution in [3.8, 4) is 0 Å². The highest BCUT2D eigenvalue weighted by Crippen LogP contribution is 2.29. The molecule has 0 heterocycles. The van der Waals surface area contributed by atoms with E-state index in [1.807, 2.05) is 11.0 Å². The molecule has 6 heteroatoms. The minimum Gasteiger partial charge on any atom is -0.480 e. The SMILES string of the molecule is CC(C)CN(CCSc1cc(Cl)ccc1Cl)CC(=O)O. The van der Waals surface area contributed by atoms with Crippen molar-refractivity contribution >= 4 is 40.9 Å². The summed E-state index contributed by atoms with van der Waals surface area (Å²) in [6.07, 6.45) is 0. The van der Waals surface area contributed by atoms with Gasteiger partial charge in [-0.05, 0) is 24.1 Å². The summed E-state index contributed by atoms with van der Waals surface area (Å²) >= 11 is 13.6. The molecule has 0 bridgehead atoms. The first-order valence-electron chi connectivity index (χ1n) is 6.40. The Kier molecular flexibility index (Phi) is 7.74. The van der Waals surface area contributed by atoms with E-state index in [1.165, 1.54) is 0 Å². The lowest BCUT2D eigenvalue weighted by Gasteiger charge is -2.22. The lowest BCUT2D eigenvalue weighted by Crippen LogP contribution is -2.34. The van der Waals surface area contributed by atoms with Gasteiger partial charge in [-0.15, -0.1) is 11.8 Å². The fourth-order valence-electron chi connectivity index (χ4n) is 1.82. The van der Waals surface area contributed by atoms with Crippen LogP contribution in [0.1, 0.15) is 13.8 Å². The van der Waals surface area contributed by atoms with Crippen LogP contribution in [-0.4, -0.2) is 41.4 Å². The first-order chi connectivity index (χ1) is 9.38. The van der Waals surface area contributed by atoms with Gasteiger partial charge in [0.05, 0.1) is 11.6 Å². The Bertz CT molecular complexity index is 455.